The minimum absolute atomic E-state index is 0.397. The van der Waals surface area contributed by atoms with E-state index in [9.17, 15) is 0 Å². The molecule has 1 atom stereocenters. The van der Waals surface area contributed by atoms with Crippen LogP contribution in [0, 0.1) is 0 Å². The Morgan fingerprint density at radius 3 is 2.89 bits per heavy atom. The van der Waals surface area contributed by atoms with E-state index in [2.05, 4.69) is 61.4 Å². The van der Waals surface area contributed by atoms with Gasteiger partial charge >= 0.3 is 0 Å². The molecule has 1 heterocycles. The van der Waals surface area contributed by atoms with Crippen molar-refractivity contribution in [3.05, 3.63) is 47.7 Å². The van der Waals surface area contributed by atoms with E-state index in [4.69, 9.17) is 0 Å². The minimum atomic E-state index is 0.397. The average molecular weight is 240 g/mol. The third-order valence-electron chi connectivity index (χ3n) is 3.24. The number of fused-ring (bicyclic) bond motifs is 1. The second-order valence-electron chi connectivity index (χ2n) is 4.59. The Morgan fingerprint density at radius 1 is 1.33 bits per heavy atom. The highest BCUT2D eigenvalue weighted by atomic mass is 14.9. The summed E-state index contributed by atoms with van der Waals surface area (Å²) in [6.07, 6.45) is 4.07. The maximum atomic E-state index is 4.47. The van der Waals surface area contributed by atoms with E-state index in [1.807, 2.05) is 12.3 Å². The molecule has 0 aliphatic carbocycles. The van der Waals surface area contributed by atoms with Gasteiger partial charge < -0.3 is 5.32 Å². The highest BCUT2D eigenvalue weighted by Gasteiger charge is 2.04. The zero-order valence-corrected chi connectivity index (χ0v) is 11.3. The summed E-state index contributed by atoms with van der Waals surface area (Å²) in [6, 6.07) is 10.8. The molecule has 0 amide bonds. The fourth-order valence-electron chi connectivity index (χ4n) is 2.08. The summed E-state index contributed by atoms with van der Waals surface area (Å²) in [5.41, 5.74) is 3.59. The van der Waals surface area contributed by atoms with E-state index in [0.29, 0.717) is 6.04 Å². The van der Waals surface area contributed by atoms with Crippen LogP contribution in [0.3, 0.4) is 0 Å². The number of pyridine rings is 1. The van der Waals surface area contributed by atoms with Gasteiger partial charge in [-0.15, -0.1) is 0 Å². The molecule has 1 aromatic heterocycles. The number of para-hydroxylation sites is 1. The van der Waals surface area contributed by atoms with Gasteiger partial charge in [0.15, 0.2) is 0 Å². The van der Waals surface area contributed by atoms with Gasteiger partial charge in [0, 0.05) is 23.2 Å². The molecule has 0 radical (unpaired) electrons. The lowest BCUT2D eigenvalue weighted by Crippen LogP contribution is -2.26. The van der Waals surface area contributed by atoms with Crippen molar-refractivity contribution in [2.24, 2.45) is 0 Å². The molecule has 2 aromatic rings. The molecule has 0 saturated carbocycles. The van der Waals surface area contributed by atoms with E-state index in [1.165, 1.54) is 16.5 Å². The lowest BCUT2D eigenvalue weighted by atomic mass is 10.0. The normalized spacial score (nSPS) is 13.8. The van der Waals surface area contributed by atoms with E-state index in [0.717, 1.165) is 12.1 Å². The van der Waals surface area contributed by atoms with Crippen molar-refractivity contribution in [2.75, 3.05) is 6.54 Å². The number of aromatic nitrogens is 1. The van der Waals surface area contributed by atoms with Crippen molar-refractivity contribution < 1.29 is 0 Å². The van der Waals surface area contributed by atoms with Crippen molar-refractivity contribution in [3.63, 3.8) is 0 Å². The third-order valence-corrected chi connectivity index (χ3v) is 3.24. The van der Waals surface area contributed by atoms with Gasteiger partial charge in [-0.25, -0.2) is 0 Å². The maximum Gasteiger partial charge on any atom is 0.0774 e. The molecule has 1 aromatic carbocycles. The van der Waals surface area contributed by atoms with E-state index >= 15 is 0 Å². The van der Waals surface area contributed by atoms with Gasteiger partial charge in [-0.3, -0.25) is 4.98 Å². The predicted molar refractivity (Wildman–Crippen MR) is 78.5 cm³/mol. The lowest BCUT2D eigenvalue weighted by molar-refractivity contribution is 0.636. The molecule has 2 rings (SSSR count). The SMILES string of the molecule is CCNC(C)/C(C)=C/c1cccc2cccnc12. The van der Waals surface area contributed by atoms with Crippen LogP contribution in [0.1, 0.15) is 26.3 Å². The molecule has 2 heteroatoms. The Balaban J connectivity index is 2.39. The van der Waals surface area contributed by atoms with E-state index in [-0.39, 0.29) is 0 Å². The van der Waals surface area contributed by atoms with Gasteiger partial charge in [0.25, 0.3) is 0 Å². The Kier molecular flexibility index (Phi) is 4.11. The number of rotatable bonds is 4. The van der Waals surface area contributed by atoms with Crippen LogP contribution in [0.4, 0.5) is 0 Å². The summed E-state index contributed by atoms with van der Waals surface area (Å²) >= 11 is 0. The summed E-state index contributed by atoms with van der Waals surface area (Å²) in [6.45, 7) is 7.46. The Hall–Kier alpha value is -1.67. The zero-order chi connectivity index (χ0) is 13.0. The standard InChI is InChI=1S/C16H20N2/c1-4-17-13(3)12(2)11-15-8-5-7-14-9-6-10-18-16(14)15/h5-11,13,17H,4H2,1-3H3/b12-11+. The van der Waals surface area contributed by atoms with Gasteiger partial charge in [-0.2, -0.15) is 0 Å². The van der Waals surface area contributed by atoms with Crippen LogP contribution in [0.5, 0.6) is 0 Å². The molecular formula is C16H20N2. The Morgan fingerprint density at radius 2 is 2.11 bits per heavy atom. The second-order valence-corrected chi connectivity index (χ2v) is 4.59. The van der Waals surface area contributed by atoms with Gasteiger partial charge in [-0.05, 0) is 26.5 Å². The Labute approximate surface area is 109 Å². The van der Waals surface area contributed by atoms with Gasteiger partial charge in [-0.1, -0.05) is 42.8 Å². The van der Waals surface area contributed by atoms with E-state index in [1.54, 1.807) is 0 Å². The van der Waals surface area contributed by atoms with Crippen molar-refractivity contribution in [1.82, 2.24) is 10.3 Å². The maximum absolute atomic E-state index is 4.47. The van der Waals surface area contributed by atoms with Crippen LogP contribution < -0.4 is 5.32 Å². The van der Waals surface area contributed by atoms with Crippen molar-refractivity contribution in [3.8, 4) is 0 Å². The quantitative estimate of drug-likeness (QED) is 0.882. The number of hydrogen-bond acceptors (Lipinski definition) is 2. The highest BCUT2D eigenvalue weighted by molar-refractivity contribution is 5.87. The first-order valence-electron chi connectivity index (χ1n) is 6.47. The number of nitrogens with one attached hydrogen (secondary N) is 1. The minimum Gasteiger partial charge on any atom is -0.311 e. The van der Waals surface area contributed by atoms with Crippen LogP contribution in [0.2, 0.25) is 0 Å². The molecule has 0 aliphatic rings. The summed E-state index contributed by atoms with van der Waals surface area (Å²) in [7, 11) is 0. The average Bonchev–Trinajstić information content (AvgIpc) is 2.39. The molecular weight excluding hydrogens is 220 g/mol. The number of nitrogens with zero attached hydrogens (tertiary/aromatic N) is 1. The molecule has 0 bridgehead atoms. The van der Waals surface area contributed by atoms with Crippen LogP contribution in [-0.4, -0.2) is 17.6 Å². The largest absolute Gasteiger partial charge is 0.311 e. The van der Waals surface area contributed by atoms with Crippen LogP contribution >= 0.6 is 0 Å². The fraction of sp³-hybridized carbons (Fsp3) is 0.312. The van der Waals surface area contributed by atoms with Crippen molar-refractivity contribution in [2.45, 2.75) is 26.8 Å². The lowest BCUT2D eigenvalue weighted by Gasteiger charge is -2.13. The van der Waals surface area contributed by atoms with Gasteiger partial charge in [0.2, 0.25) is 0 Å². The molecule has 18 heavy (non-hydrogen) atoms. The highest BCUT2D eigenvalue weighted by Crippen LogP contribution is 2.19. The summed E-state index contributed by atoms with van der Waals surface area (Å²) in [5, 5.41) is 4.61. The molecule has 0 fully saturated rings. The van der Waals surface area contributed by atoms with Gasteiger partial charge in [0.05, 0.1) is 5.52 Å². The molecule has 0 spiro atoms. The van der Waals surface area contributed by atoms with Crippen LogP contribution in [-0.2, 0) is 0 Å². The first kappa shape index (κ1) is 12.8. The third kappa shape index (κ3) is 2.77. The fourth-order valence-corrected chi connectivity index (χ4v) is 2.08. The zero-order valence-electron chi connectivity index (χ0n) is 11.3. The van der Waals surface area contributed by atoms with E-state index < -0.39 is 0 Å². The summed E-state index contributed by atoms with van der Waals surface area (Å²) < 4.78 is 0. The van der Waals surface area contributed by atoms with Crippen LogP contribution in [0.25, 0.3) is 17.0 Å². The molecule has 1 N–H and O–H groups in total. The second kappa shape index (κ2) is 5.78. The summed E-state index contributed by atoms with van der Waals surface area (Å²) in [4.78, 5) is 4.47. The molecule has 0 aliphatic heterocycles. The smallest absolute Gasteiger partial charge is 0.0774 e. The first-order chi connectivity index (χ1) is 8.72. The molecule has 94 valence electrons. The monoisotopic (exact) mass is 240 g/mol. The molecule has 1 unspecified atom stereocenters. The van der Waals surface area contributed by atoms with Crippen LogP contribution in [0.15, 0.2) is 42.1 Å². The number of benzene rings is 1. The van der Waals surface area contributed by atoms with Crippen molar-refractivity contribution >= 4 is 17.0 Å². The topological polar surface area (TPSA) is 24.9 Å². The van der Waals surface area contributed by atoms with Crippen molar-refractivity contribution in [1.29, 1.82) is 0 Å². The number of hydrogen-bond donors (Lipinski definition) is 1. The first-order valence-corrected chi connectivity index (χ1v) is 6.47. The Bertz CT molecular complexity index is 553. The molecule has 2 nitrogen and oxygen atoms in total. The van der Waals surface area contributed by atoms with Gasteiger partial charge in [0.1, 0.15) is 0 Å². The molecule has 0 saturated heterocycles. The summed E-state index contributed by atoms with van der Waals surface area (Å²) in [5.74, 6) is 0. The predicted octanol–water partition coefficient (Wildman–Crippen LogP) is 3.64. The number of likely N-dealkylation sites (N-methyl/N-ethyl adjacent to an activating group) is 1.